The van der Waals surface area contributed by atoms with Gasteiger partial charge in [-0.3, -0.25) is 18.7 Å². The van der Waals surface area contributed by atoms with E-state index in [0.29, 0.717) is 27.4 Å². The minimum Gasteiger partial charge on any atom is -0.302 e. The van der Waals surface area contributed by atoms with Gasteiger partial charge in [-0.2, -0.15) is 13.2 Å². The molecule has 0 bridgehead atoms. The fraction of sp³-hybridized carbons (Fsp3) is 0.238. The van der Waals surface area contributed by atoms with Crippen LogP contribution < -0.4 is 16.6 Å². The van der Waals surface area contributed by atoms with Crippen LogP contribution in [-0.4, -0.2) is 20.0 Å². The molecule has 0 aliphatic heterocycles. The number of nitrogens with zero attached hydrogens (tertiary/aromatic N) is 3. The Kier molecular flexibility index (Phi) is 5.94. The molecule has 34 heavy (non-hydrogen) atoms. The number of amides is 1. The second-order valence-electron chi connectivity index (χ2n) is 7.48. The molecular formula is C21H16F4N4O3S2. The zero-order valence-electron chi connectivity index (χ0n) is 17.9. The zero-order chi connectivity index (χ0) is 24.9. The summed E-state index contributed by atoms with van der Waals surface area (Å²) in [4.78, 5) is 42.8. The highest BCUT2D eigenvalue weighted by molar-refractivity contribution is 7.18. The van der Waals surface area contributed by atoms with Crippen molar-refractivity contribution in [2.24, 2.45) is 14.1 Å². The second kappa shape index (κ2) is 8.47. The number of hydrogen-bond acceptors (Lipinski definition) is 6. The number of aryl methyl sites for hydroxylation is 2. The largest absolute Gasteiger partial charge is 0.419 e. The molecule has 0 radical (unpaired) electrons. The molecule has 0 aliphatic rings. The SMILES string of the molecule is Cc1sc2c(c1CC(=O)Nc1nc(-c3ccc(F)c(C(F)(F)F)c3)cs1)c(=O)n(C)c(=O)n2C. The lowest BCUT2D eigenvalue weighted by atomic mass is 10.1. The molecule has 4 rings (SSSR count). The van der Waals surface area contributed by atoms with E-state index in [0.717, 1.165) is 15.9 Å². The first-order valence-electron chi connectivity index (χ1n) is 9.69. The smallest absolute Gasteiger partial charge is 0.302 e. The molecule has 1 amide bonds. The van der Waals surface area contributed by atoms with Crippen LogP contribution in [0.4, 0.5) is 22.7 Å². The summed E-state index contributed by atoms with van der Waals surface area (Å²) >= 11 is 2.22. The number of aromatic nitrogens is 3. The Morgan fingerprint density at radius 2 is 1.88 bits per heavy atom. The van der Waals surface area contributed by atoms with Crippen LogP contribution in [0.5, 0.6) is 0 Å². The van der Waals surface area contributed by atoms with Gasteiger partial charge in [0, 0.05) is 29.9 Å². The number of halogens is 4. The van der Waals surface area contributed by atoms with Crippen molar-refractivity contribution in [2.45, 2.75) is 19.5 Å². The van der Waals surface area contributed by atoms with E-state index in [1.165, 1.54) is 34.4 Å². The lowest BCUT2D eigenvalue weighted by Crippen LogP contribution is -2.36. The Labute approximate surface area is 196 Å². The summed E-state index contributed by atoms with van der Waals surface area (Å²) in [5.74, 6) is -1.88. The van der Waals surface area contributed by atoms with Crippen molar-refractivity contribution in [3.63, 3.8) is 0 Å². The van der Waals surface area contributed by atoms with Crippen LogP contribution in [0.1, 0.15) is 16.0 Å². The van der Waals surface area contributed by atoms with Gasteiger partial charge in [0.05, 0.1) is 23.1 Å². The van der Waals surface area contributed by atoms with E-state index in [1.807, 2.05) is 0 Å². The molecular weight excluding hydrogens is 496 g/mol. The topological polar surface area (TPSA) is 86.0 Å². The van der Waals surface area contributed by atoms with Crippen molar-refractivity contribution in [2.75, 3.05) is 5.32 Å². The van der Waals surface area contributed by atoms with E-state index < -0.39 is 34.7 Å². The Morgan fingerprint density at radius 1 is 1.18 bits per heavy atom. The Morgan fingerprint density at radius 3 is 2.56 bits per heavy atom. The van der Waals surface area contributed by atoms with E-state index >= 15 is 0 Å². The molecule has 3 aromatic heterocycles. The highest BCUT2D eigenvalue weighted by Gasteiger charge is 2.34. The quantitative estimate of drug-likeness (QED) is 0.418. The maximum Gasteiger partial charge on any atom is 0.419 e. The molecule has 0 saturated heterocycles. The van der Waals surface area contributed by atoms with Gasteiger partial charge < -0.3 is 5.32 Å². The molecule has 0 unspecified atom stereocenters. The summed E-state index contributed by atoms with van der Waals surface area (Å²) in [6.07, 6.45) is -5.02. The summed E-state index contributed by atoms with van der Waals surface area (Å²) in [5, 5.41) is 4.44. The van der Waals surface area contributed by atoms with Crippen molar-refractivity contribution >= 4 is 43.9 Å². The Bertz CT molecular complexity index is 1560. The highest BCUT2D eigenvalue weighted by atomic mass is 32.1. The zero-order valence-corrected chi connectivity index (χ0v) is 19.5. The molecule has 7 nitrogen and oxygen atoms in total. The average molecular weight is 513 g/mol. The third-order valence-corrected chi connectivity index (χ3v) is 7.22. The van der Waals surface area contributed by atoms with Crippen LogP contribution in [-0.2, 0) is 31.5 Å². The molecule has 1 N–H and O–H groups in total. The molecule has 3 heterocycles. The third-order valence-electron chi connectivity index (χ3n) is 5.24. The third kappa shape index (κ3) is 4.16. The number of carbonyl (C=O) groups excluding carboxylic acids is 1. The number of nitrogens with one attached hydrogen (secondary N) is 1. The van der Waals surface area contributed by atoms with Gasteiger partial charge in [0.15, 0.2) is 5.13 Å². The first-order valence-corrected chi connectivity index (χ1v) is 11.4. The first kappa shape index (κ1) is 23.8. The van der Waals surface area contributed by atoms with E-state index in [4.69, 9.17) is 0 Å². The van der Waals surface area contributed by atoms with Crippen LogP contribution in [0.2, 0.25) is 0 Å². The average Bonchev–Trinajstić information content (AvgIpc) is 3.35. The predicted molar refractivity (Wildman–Crippen MR) is 122 cm³/mol. The van der Waals surface area contributed by atoms with E-state index in [9.17, 15) is 31.9 Å². The van der Waals surface area contributed by atoms with Gasteiger partial charge in [-0.1, -0.05) is 0 Å². The standard InChI is InChI=1S/C21H16F4N4O3S2/c1-9-11(16-17(31)28(2)20(32)29(3)18(16)34-9)7-15(30)27-19-26-14(8-33-19)10-4-5-13(22)12(6-10)21(23,24)25/h4-6,8H,7H2,1-3H3,(H,26,27,30). The lowest BCUT2D eigenvalue weighted by Gasteiger charge is -2.09. The number of rotatable bonds is 4. The summed E-state index contributed by atoms with van der Waals surface area (Å²) in [6, 6.07) is 2.55. The van der Waals surface area contributed by atoms with Crippen LogP contribution in [0, 0.1) is 12.7 Å². The normalized spacial score (nSPS) is 11.9. The van der Waals surface area contributed by atoms with Crippen molar-refractivity contribution in [3.8, 4) is 11.3 Å². The summed E-state index contributed by atoms with van der Waals surface area (Å²) in [6.45, 7) is 1.74. The lowest BCUT2D eigenvalue weighted by molar-refractivity contribution is -0.140. The Hall–Kier alpha value is -3.32. The van der Waals surface area contributed by atoms with Crippen molar-refractivity contribution in [1.29, 1.82) is 0 Å². The number of fused-ring (bicyclic) bond motifs is 1. The summed E-state index contributed by atoms with van der Waals surface area (Å²) in [5.41, 5.74) is -1.70. The van der Waals surface area contributed by atoms with Crippen molar-refractivity contribution in [1.82, 2.24) is 14.1 Å². The Balaban J connectivity index is 1.60. The van der Waals surface area contributed by atoms with Gasteiger partial charge in [0.25, 0.3) is 5.56 Å². The number of anilines is 1. The molecule has 0 atom stereocenters. The number of thiazole rings is 1. The molecule has 0 spiro atoms. The van der Waals surface area contributed by atoms with Gasteiger partial charge in [-0.15, -0.1) is 22.7 Å². The van der Waals surface area contributed by atoms with E-state index in [1.54, 1.807) is 14.0 Å². The minimum absolute atomic E-state index is 0.0505. The highest BCUT2D eigenvalue weighted by Crippen LogP contribution is 2.35. The molecule has 0 fully saturated rings. The first-order chi connectivity index (χ1) is 15.9. The maximum atomic E-state index is 13.5. The van der Waals surface area contributed by atoms with Crippen molar-refractivity contribution < 1.29 is 22.4 Å². The van der Waals surface area contributed by atoms with Gasteiger partial charge in [0.1, 0.15) is 10.6 Å². The molecule has 178 valence electrons. The van der Waals surface area contributed by atoms with E-state index in [2.05, 4.69) is 10.3 Å². The number of alkyl halides is 3. The van der Waals surface area contributed by atoms with Crippen molar-refractivity contribution in [3.05, 3.63) is 66.2 Å². The van der Waals surface area contributed by atoms with Gasteiger partial charge >= 0.3 is 11.9 Å². The molecule has 1 aromatic carbocycles. The van der Waals surface area contributed by atoms with Gasteiger partial charge in [0.2, 0.25) is 5.91 Å². The fourth-order valence-corrected chi connectivity index (χ4v) is 5.34. The second-order valence-corrected chi connectivity index (χ2v) is 9.54. The predicted octanol–water partition coefficient (Wildman–Crippen LogP) is 4.07. The molecule has 13 heteroatoms. The van der Waals surface area contributed by atoms with Crippen LogP contribution >= 0.6 is 22.7 Å². The summed E-state index contributed by atoms with van der Waals surface area (Å²) in [7, 11) is 2.90. The molecule has 4 aromatic rings. The van der Waals surface area contributed by atoms with Gasteiger partial charge in [-0.25, -0.2) is 14.2 Å². The van der Waals surface area contributed by atoms with E-state index in [-0.39, 0.29) is 28.2 Å². The molecule has 0 saturated carbocycles. The van der Waals surface area contributed by atoms with Gasteiger partial charge in [-0.05, 0) is 30.7 Å². The summed E-state index contributed by atoms with van der Waals surface area (Å²) < 4.78 is 54.8. The molecule has 0 aliphatic carbocycles. The minimum atomic E-state index is -4.85. The van der Waals surface area contributed by atoms with Crippen LogP contribution in [0.15, 0.2) is 33.2 Å². The van der Waals surface area contributed by atoms with Crippen LogP contribution in [0.25, 0.3) is 21.5 Å². The number of carbonyl (C=O) groups is 1. The number of benzene rings is 1. The monoisotopic (exact) mass is 512 g/mol. The number of thiophene rings is 1. The number of hydrogen-bond donors (Lipinski definition) is 1. The van der Waals surface area contributed by atoms with Crippen LogP contribution in [0.3, 0.4) is 0 Å². The maximum absolute atomic E-state index is 13.5. The fourth-order valence-electron chi connectivity index (χ4n) is 3.49.